The van der Waals surface area contributed by atoms with Crippen LogP contribution < -0.4 is 5.32 Å². The molecule has 0 saturated heterocycles. The summed E-state index contributed by atoms with van der Waals surface area (Å²) >= 11 is 6.22. The SMILES string of the molecule is CC(NC(=O)c1cc(Cl)c2ccccc2n1)C1CCC1. The van der Waals surface area contributed by atoms with Crippen LogP contribution in [-0.2, 0) is 0 Å². The minimum absolute atomic E-state index is 0.142. The molecule has 2 aromatic rings. The Balaban J connectivity index is 1.84. The molecule has 1 saturated carbocycles. The number of hydrogen-bond acceptors (Lipinski definition) is 2. The number of benzene rings is 1. The predicted octanol–water partition coefficient (Wildman–Crippen LogP) is 3.81. The standard InChI is InChI=1S/C16H17ClN2O/c1-10(11-5-4-6-11)18-16(20)15-9-13(17)12-7-2-3-8-14(12)19-15/h2-3,7-11H,4-6H2,1H3,(H,18,20). The molecular formula is C16H17ClN2O. The van der Waals surface area contributed by atoms with Crippen LogP contribution >= 0.6 is 11.6 Å². The Morgan fingerprint density at radius 3 is 2.85 bits per heavy atom. The molecule has 1 aromatic carbocycles. The van der Waals surface area contributed by atoms with Crippen molar-refractivity contribution in [1.29, 1.82) is 0 Å². The lowest BCUT2D eigenvalue weighted by atomic mass is 9.80. The van der Waals surface area contributed by atoms with Gasteiger partial charge in [-0.2, -0.15) is 0 Å². The molecule has 1 atom stereocenters. The normalized spacial score (nSPS) is 16.7. The van der Waals surface area contributed by atoms with Gasteiger partial charge < -0.3 is 5.32 Å². The van der Waals surface area contributed by atoms with Crippen molar-refractivity contribution in [3.8, 4) is 0 Å². The molecule has 3 nitrogen and oxygen atoms in total. The summed E-state index contributed by atoms with van der Waals surface area (Å²) in [5.41, 5.74) is 1.14. The first-order valence-electron chi connectivity index (χ1n) is 7.01. The zero-order chi connectivity index (χ0) is 14.1. The van der Waals surface area contributed by atoms with Crippen LogP contribution in [0.15, 0.2) is 30.3 Å². The monoisotopic (exact) mass is 288 g/mol. The topological polar surface area (TPSA) is 42.0 Å². The van der Waals surface area contributed by atoms with Crippen LogP contribution in [0.5, 0.6) is 0 Å². The number of amides is 1. The third-order valence-electron chi connectivity index (χ3n) is 4.11. The van der Waals surface area contributed by atoms with E-state index in [9.17, 15) is 4.79 Å². The number of carbonyl (C=O) groups is 1. The summed E-state index contributed by atoms with van der Waals surface area (Å²) in [6, 6.07) is 9.42. The molecule has 4 heteroatoms. The van der Waals surface area contributed by atoms with E-state index in [1.807, 2.05) is 24.3 Å². The van der Waals surface area contributed by atoms with Gasteiger partial charge in [0.1, 0.15) is 5.69 Å². The largest absolute Gasteiger partial charge is 0.348 e. The molecule has 20 heavy (non-hydrogen) atoms. The van der Waals surface area contributed by atoms with E-state index in [1.165, 1.54) is 19.3 Å². The maximum absolute atomic E-state index is 12.3. The average molecular weight is 289 g/mol. The second-order valence-corrected chi connectivity index (χ2v) is 5.87. The van der Waals surface area contributed by atoms with E-state index in [0.29, 0.717) is 16.6 Å². The molecule has 1 amide bonds. The maximum Gasteiger partial charge on any atom is 0.270 e. The van der Waals surface area contributed by atoms with Gasteiger partial charge in [-0.25, -0.2) is 4.98 Å². The van der Waals surface area contributed by atoms with Crippen LogP contribution in [0.3, 0.4) is 0 Å². The quantitative estimate of drug-likeness (QED) is 0.933. The lowest BCUT2D eigenvalue weighted by molar-refractivity contribution is 0.0904. The van der Waals surface area contributed by atoms with Gasteiger partial charge in [0.15, 0.2) is 0 Å². The summed E-state index contributed by atoms with van der Waals surface area (Å²) in [5, 5.41) is 4.47. The number of pyridine rings is 1. The first-order chi connectivity index (χ1) is 9.65. The highest BCUT2D eigenvalue weighted by Crippen LogP contribution is 2.29. The minimum atomic E-state index is -0.142. The van der Waals surface area contributed by atoms with Gasteiger partial charge in [0.05, 0.1) is 10.5 Å². The number of fused-ring (bicyclic) bond motifs is 1. The van der Waals surface area contributed by atoms with E-state index < -0.39 is 0 Å². The number of hydrogen-bond donors (Lipinski definition) is 1. The number of para-hydroxylation sites is 1. The summed E-state index contributed by atoms with van der Waals surface area (Å²) in [6.45, 7) is 2.06. The fourth-order valence-electron chi connectivity index (χ4n) is 2.59. The zero-order valence-corrected chi connectivity index (χ0v) is 12.2. The first kappa shape index (κ1) is 13.4. The number of aromatic nitrogens is 1. The minimum Gasteiger partial charge on any atom is -0.348 e. The van der Waals surface area contributed by atoms with Crippen LogP contribution in [0.4, 0.5) is 0 Å². The predicted molar refractivity (Wildman–Crippen MR) is 81.0 cm³/mol. The van der Waals surface area contributed by atoms with Gasteiger partial charge in [-0.15, -0.1) is 0 Å². The summed E-state index contributed by atoms with van der Waals surface area (Å²) in [6.07, 6.45) is 3.67. The van der Waals surface area contributed by atoms with E-state index in [0.717, 1.165) is 10.9 Å². The Morgan fingerprint density at radius 1 is 1.40 bits per heavy atom. The molecule has 1 unspecified atom stereocenters. The highest BCUT2D eigenvalue weighted by molar-refractivity contribution is 6.35. The van der Waals surface area contributed by atoms with E-state index >= 15 is 0 Å². The van der Waals surface area contributed by atoms with Crippen LogP contribution in [0, 0.1) is 5.92 Å². The van der Waals surface area contributed by atoms with Gasteiger partial charge in [-0.1, -0.05) is 36.2 Å². The Bertz CT molecular complexity index is 652. The molecule has 0 bridgehead atoms. The van der Waals surface area contributed by atoms with Crippen molar-refractivity contribution in [2.24, 2.45) is 5.92 Å². The van der Waals surface area contributed by atoms with Gasteiger partial charge in [-0.05, 0) is 37.8 Å². The molecule has 1 fully saturated rings. The second-order valence-electron chi connectivity index (χ2n) is 5.46. The van der Waals surface area contributed by atoms with Gasteiger partial charge >= 0.3 is 0 Å². The van der Waals surface area contributed by atoms with Gasteiger partial charge in [0.2, 0.25) is 0 Å². The van der Waals surface area contributed by atoms with Gasteiger partial charge in [-0.3, -0.25) is 4.79 Å². The molecule has 0 spiro atoms. The number of carbonyl (C=O) groups excluding carboxylic acids is 1. The molecule has 3 rings (SSSR count). The van der Waals surface area contributed by atoms with Gasteiger partial charge in [0, 0.05) is 11.4 Å². The fourth-order valence-corrected chi connectivity index (χ4v) is 2.85. The van der Waals surface area contributed by atoms with E-state index in [1.54, 1.807) is 6.07 Å². The fraction of sp³-hybridized carbons (Fsp3) is 0.375. The second kappa shape index (κ2) is 5.41. The zero-order valence-electron chi connectivity index (χ0n) is 11.4. The number of nitrogens with one attached hydrogen (secondary N) is 1. The summed E-state index contributed by atoms with van der Waals surface area (Å²) < 4.78 is 0. The Labute approximate surface area is 123 Å². The van der Waals surface area contributed by atoms with Crippen molar-refractivity contribution in [2.45, 2.75) is 32.2 Å². The van der Waals surface area contributed by atoms with E-state index in [4.69, 9.17) is 11.6 Å². The highest BCUT2D eigenvalue weighted by atomic mass is 35.5. The molecule has 1 aromatic heterocycles. The lowest BCUT2D eigenvalue weighted by Gasteiger charge is -2.31. The Kier molecular flexibility index (Phi) is 3.62. The highest BCUT2D eigenvalue weighted by Gasteiger charge is 2.25. The van der Waals surface area contributed by atoms with E-state index in [-0.39, 0.29) is 11.9 Å². The van der Waals surface area contributed by atoms with Crippen molar-refractivity contribution < 1.29 is 4.79 Å². The van der Waals surface area contributed by atoms with Crippen molar-refractivity contribution in [1.82, 2.24) is 10.3 Å². The van der Waals surface area contributed by atoms with Crippen LogP contribution in [0.1, 0.15) is 36.7 Å². The van der Waals surface area contributed by atoms with Crippen LogP contribution in [0.2, 0.25) is 5.02 Å². The lowest BCUT2D eigenvalue weighted by Crippen LogP contribution is -2.40. The van der Waals surface area contributed by atoms with E-state index in [2.05, 4.69) is 17.2 Å². The molecule has 104 valence electrons. The van der Waals surface area contributed by atoms with Crippen LogP contribution in [-0.4, -0.2) is 16.9 Å². The molecule has 1 aliphatic carbocycles. The maximum atomic E-state index is 12.3. The third kappa shape index (κ3) is 2.50. The summed E-state index contributed by atoms with van der Waals surface area (Å²) in [5.74, 6) is 0.465. The van der Waals surface area contributed by atoms with Gasteiger partial charge in [0.25, 0.3) is 5.91 Å². The van der Waals surface area contributed by atoms with Crippen molar-refractivity contribution in [2.75, 3.05) is 0 Å². The Morgan fingerprint density at radius 2 is 2.15 bits per heavy atom. The smallest absolute Gasteiger partial charge is 0.270 e. The summed E-state index contributed by atoms with van der Waals surface area (Å²) in [4.78, 5) is 16.7. The number of halogens is 1. The third-order valence-corrected chi connectivity index (χ3v) is 4.43. The average Bonchev–Trinajstić information content (AvgIpc) is 2.36. The number of nitrogens with zero attached hydrogens (tertiary/aromatic N) is 1. The van der Waals surface area contributed by atoms with Crippen molar-refractivity contribution >= 4 is 28.4 Å². The summed E-state index contributed by atoms with van der Waals surface area (Å²) in [7, 11) is 0. The molecule has 0 aliphatic heterocycles. The van der Waals surface area contributed by atoms with Crippen LogP contribution in [0.25, 0.3) is 10.9 Å². The molecular weight excluding hydrogens is 272 g/mol. The van der Waals surface area contributed by atoms with Crippen molar-refractivity contribution in [3.05, 3.63) is 41.0 Å². The molecule has 0 radical (unpaired) electrons. The molecule has 1 N–H and O–H groups in total. The molecule has 1 aliphatic rings. The first-order valence-corrected chi connectivity index (χ1v) is 7.39. The number of rotatable bonds is 3. The molecule has 1 heterocycles. The van der Waals surface area contributed by atoms with Crippen molar-refractivity contribution in [3.63, 3.8) is 0 Å². The Hall–Kier alpha value is -1.61.